The molecule has 0 spiro atoms. The molecular formula is C19H20N2O. The minimum Gasteiger partial charge on any atom is -0.303 e. The molecule has 0 bridgehead atoms. The van der Waals surface area contributed by atoms with Gasteiger partial charge in [-0.15, -0.1) is 0 Å². The van der Waals surface area contributed by atoms with Gasteiger partial charge in [0.25, 0.3) is 5.56 Å². The van der Waals surface area contributed by atoms with E-state index in [9.17, 15) is 4.79 Å². The molecule has 0 aliphatic heterocycles. The summed E-state index contributed by atoms with van der Waals surface area (Å²) in [7, 11) is 0. The fourth-order valence-electron chi connectivity index (χ4n) is 2.38. The van der Waals surface area contributed by atoms with E-state index in [0.717, 1.165) is 16.8 Å². The highest BCUT2D eigenvalue weighted by Gasteiger charge is 2.11. The number of hydrogen-bond acceptors (Lipinski definition) is 2. The van der Waals surface area contributed by atoms with Crippen molar-refractivity contribution < 1.29 is 0 Å². The van der Waals surface area contributed by atoms with Crippen molar-refractivity contribution in [1.82, 2.24) is 4.57 Å². The standard InChI is InChI=1S/C19H20N2O/c1-13(2)12-21-18(10-9-17(11-20)19(21)22)16-7-5-15(6-8-16)14(3)4/h5-10,14H,1,12H2,2-4H3. The molecule has 0 radical (unpaired) electrons. The predicted octanol–water partition coefficient (Wildman–Crippen LogP) is 4.09. The summed E-state index contributed by atoms with van der Waals surface area (Å²) in [5, 5.41) is 9.05. The van der Waals surface area contributed by atoms with E-state index in [0.29, 0.717) is 12.5 Å². The van der Waals surface area contributed by atoms with Gasteiger partial charge in [0.1, 0.15) is 11.6 Å². The normalized spacial score (nSPS) is 10.5. The lowest BCUT2D eigenvalue weighted by Crippen LogP contribution is -2.24. The third kappa shape index (κ3) is 3.17. The van der Waals surface area contributed by atoms with Crippen LogP contribution in [0.1, 0.15) is 37.8 Å². The van der Waals surface area contributed by atoms with Crippen LogP contribution in [0.4, 0.5) is 0 Å². The maximum atomic E-state index is 12.4. The van der Waals surface area contributed by atoms with E-state index in [1.165, 1.54) is 5.56 Å². The molecular weight excluding hydrogens is 272 g/mol. The third-order valence-electron chi connectivity index (χ3n) is 3.60. The van der Waals surface area contributed by atoms with Crippen molar-refractivity contribution in [3.63, 3.8) is 0 Å². The van der Waals surface area contributed by atoms with E-state index < -0.39 is 0 Å². The molecule has 3 nitrogen and oxygen atoms in total. The highest BCUT2D eigenvalue weighted by Crippen LogP contribution is 2.22. The highest BCUT2D eigenvalue weighted by atomic mass is 16.1. The minimum atomic E-state index is -0.268. The summed E-state index contributed by atoms with van der Waals surface area (Å²) < 4.78 is 1.62. The zero-order chi connectivity index (χ0) is 16.3. The van der Waals surface area contributed by atoms with E-state index in [-0.39, 0.29) is 11.1 Å². The Kier molecular flexibility index (Phi) is 4.62. The molecule has 112 valence electrons. The van der Waals surface area contributed by atoms with Gasteiger partial charge >= 0.3 is 0 Å². The van der Waals surface area contributed by atoms with E-state index in [4.69, 9.17) is 5.26 Å². The lowest BCUT2D eigenvalue weighted by molar-refractivity contribution is 0.755. The van der Waals surface area contributed by atoms with Crippen LogP contribution >= 0.6 is 0 Å². The number of aromatic nitrogens is 1. The van der Waals surface area contributed by atoms with Gasteiger partial charge in [0.15, 0.2) is 0 Å². The van der Waals surface area contributed by atoms with Gasteiger partial charge in [0, 0.05) is 6.54 Å². The molecule has 2 aromatic rings. The maximum absolute atomic E-state index is 12.4. The Hall–Kier alpha value is -2.60. The molecule has 0 aliphatic rings. The number of benzene rings is 1. The van der Waals surface area contributed by atoms with Gasteiger partial charge in [-0.1, -0.05) is 50.3 Å². The van der Waals surface area contributed by atoms with Crippen LogP contribution in [0.3, 0.4) is 0 Å². The smallest absolute Gasteiger partial charge is 0.269 e. The van der Waals surface area contributed by atoms with Gasteiger partial charge in [0.2, 0.25) is 0 Å². The van der Waals surface area contributed by atoms with Gasteiger partial charge in [-0.25, -0.2) is 0 Å². The van der Waals surface area contributed by atoms with E-state index >= 15 is 0 Å². The van der Waals surface area contributed by atoms with Crippen molar-refractivity contribution in [2.24, 2.45) is 0 Å². The Balaban J connectivity index is 2.59. The van der Waals surface area contributed by atoms with Crippen LogP contribution in [0.5, 0.6) is 0 Å². The van der Waals surface area contributed by atoms with Gasteiger partial charge in [-0.05, 0) is 36.1 Å². The largest absolute Gasteiger partial charge is 0.303 e. The molecule has 0 amide bonds. The Morgan fingerprint density at radius 1 is 1.23 bits per heavy atom. The molecule has 22 heavy (non-hydrogen) atoms. The van der Waals surface area contributed by atoms with E-state index in [1.807, 2.05) is 31.2 Å². The summed E-state index contributed by atoms with van der Waals surface area (Å²) in [6, 6.07) is 13.6. The summed E-state index contributed by atoms with van der Waals surface area (Å²) in [4.78, 5) is 12.4. The summed E-state index contributed by atoms with van der Waals surface area (Å²) in [5.41, 5.74) is 3.79. The van der Waals surface area contributed by atoms with Crippen molar-refractivity contribution in [2.45, 2.75) is 33.2 Å². The quantitative estimate of drug-likeness (QED) is 0.797. The molecule has 1 aromatic carbocycles. The number of pyridine rings is 1. The topological polar surface area (TPSA) is 45.8 Å². The minimum absolute atomic E-state index is 0.156. The first-order valence-corrected chi connectivity index (χ1v) is 7.32. The van der Waals surface area contributed by atoms with E-state index in [2.05, 4.69) is 32.6 Å². The molecule has 1 heterocycles. The molecule has 0 unspecified atom stereocenters. The number of nitrogens with zero attached hydrogens (tertiary/aromatic N) is 2. The third-order valence-corrected chi connectivity index (χ3v) is 3.60. The van der Waals surface area contributed by atoms with Crippen LogP contribution in [0.2, 0.25) is 0 Å². The Bertz CT molecular complexity index is 790. The van der Waals surface area contributed by atoms with Crippen LogP contribution in [-0.4, -0.2) is 4.57 Å². The van der Waals surface area contributed by atoms with Gasteiger partial charge in [-0.2, -0.15) is 5.26 Å². The first kappa shape index (κ1) is 15.8. The SMILES string of the molecule is C=C(C)Cn1c(-c2ccc(C(C)C)cc2)ccc(C#N)c1=O. The predicted molar refractivity (Wildman–Crippen MR) is 89.8 cm³/mol. The first-order valence-electron chi connectivity index (χ1n) is 7.32. The molecule has 0 fully saturated rings. The van der Waals surface area contributed by atoms with Gasteiger partial charge in [-0.3, -0.25) is 4.79 Å². The molecule has 0 aliphatic carbocycles. The van der Waals surface area contributed by atoms with E-state index in [1.54, 1.807) is 10.6 Å². The van der Waals surface area contributed by atoms with Gasteiger partial charge in [0.05, 0.1) is 5.69 Å². The highest BCUT2D eigenvalue weighted by molar-refractivity contribution is 5.61. The van der Waals surface area contributed by atoms with Crippen molar-refractivity contribution in [3.05, 3.63) is 70.0 Å². The summed E-state index contributed by atoms with van der Waals surface area (Å²) in [5.74, 6) is 0.465. The molecule has 0 atom stereocenters. The van der Waals surface area contributed by atoms with Crippen molar-refractivity contribution >= 4 is 0 Å². The number of rotatable bonds is 4. The van der Waals surface area contributed by atoms with Crippen LogP contribution < -0.4 is 5.56 Å². The van der Waals surface area contributed by atoms with Gasteiger partial charge < -0.3 is 4.57 Å². The molecule has 0 N–H and O–H groups in total. The van der Waals surface area contributed by atoms with Crippen LogP contribution in [0, 0.1) is 11.3 Å². The Morgan fingerprint density at radius 3 is 2.36 bits per heavy atom. The monoisotopic (exact) mass is 292 g/mol. The Labute approximate surface area is 131 Å². The molecule has 0 saturated heterocycles. The van der Waals surface area contributed by atoms with Crippen LogP contribution in [0.15, 0.2) is 53.3 Å². The van der Waals surface area contributed by atoms with Crippen molar-refractivity contribution in [2.75, 3.05) is 0 Å². The summed E-state index contributed by atoms with van der Waals surface area (Å²) >= 11 is 0. The molecule has 2 rings (SSSR count). The molecule has 1 aromatic heterocycles. The maximum Gasteiger partial charge on any atom is 0.269 e. The average Bonchev–Trinajstić information content (AvgIpc) is 2.49. The fourth-order valence-corrected chi connectivity index (χ4v) is 2.38. The summed E-state index contributed by atoms with van der Waals surface area (Å²) in [6.45, 7) is 10.5. The zero-order valence-corrected chi connectivity index (χ0v) is 13.3. The fraction of sp³-hybridized carbons (Fsp3) is 0.263. The number of hydrogen-bond donors (Lipinski definition) is 0. The summed E-state index contributed by atoms with van der Waals surface area (Å²) in [6.07, 6.45) is 0. The molecule has 3 heteroatoms. The van der Waals surface area contributed by atoms with Crippen molar-refractivity contribution in [1.29, 1.82) is 5.26 Å². The lowest BCUT2D eigenvalue weighted by atomic mass is 10.0. The lowest BCUT2D eigenvalue weighted by Gasteiger charge is -2.14. The van der Waals surface area contributed by atoms with Crippen LogP contribution in [0.25, 0.3) is 11.3 Å². The molecule has 0 saturated carbocycles. The Morgan fingerprint density at radius 2 is 1.86 bits per heavy atom. The number of allylic oxidation sites excluding steroid dienone is 1. The van der Waals surface area contributed by atoms with Crippen molar-refractivity contribution in [3.8, 4) is 17.3 Å². The van der Waals surface area contributed by atoms with Crippen LogP contribution in [-0.2, 0) is 6.54 Å². The second kappa shape index (κ2) is 6.44. The average molecular weight is 292 g/mol. The second-order valence-electron chi connectivity index (χ2n) is 5.87. The first-order chi connectivity index (χ1) is 10.4. The number of nitriles is 1. The zero-order valence-electron chi connectivity index (χ0n) is 13.3. The second-order valence-corrected chi connectivity index (χ2v) is 5.87.